The minimum atomic E-state index is -0.164. The van der Waals surface area contributed by atoms with Crippen molar-refractivity contribution in [1.29, 1.82) is 0 Å². The smallest absolute Gasteiger partial charge is 0.227 e. The summed E-state index contributed by atoms with van der Waals surface area (Å²) in [6.07, 6.45) is 3.57. The second kappa shape index (κ2) is 4.42. The molecule has 1 unspecified atom stereocenters. The summed E-state index contributed by atoms with van der Waals surface area (Å²) in [6, 6.07) is 0. The van der Waals surface area contributed by atoms with Crippen LogP contribution in [0, 0.1) is 5.41 Å². The average molecular weight is 182 g/mol. The van der Waals surface area contributed by atoms with E-state index < -0.39 is 0 Å². The van der Waals surface area contributed by atoms with E-state index in [2.05, 4.69) is 24.1 Å². The van der Waals surface area contributed by atoms with Crippen LogP contribution in [-0.2, 0) is 4.79 Å². The van der Waals surface area contributed by atoms with Crippen molar-refractivity contribution in [2.45, 2.75) is 19.8 Å². The zero-order valence-electron chi connectivity index (χ0n) is 8.23. The third-order valence-corrected chi connectivity index (χ3v) is 2.81. The van der Waals surface area contributed by atoms with Crippen LogP contribution in [-0.4, -0.2) is 25.5 Å². The maximum Gasteiger partial charge on any atom is 0.227 e. The number of amides is 1. The molecule has 1 rings (SSSR count). The van der Waals surface area contributed by atoms with Crippen LogP contribution in [0.15, 0.2) is 12.7 Å². The van der Waals surface area contributed by atoms with E-state index in [1.807, 2.05) is 0 Å². The van der Waals surface area contributed by atoms with Crippen LogP contribution in [0.1, 0.15) is 19.8 Å². The fraction of sp³-hybridized carbons (Fsp3) is 0.700. The summed E-state index contributed by atoms with van der Waals surface area (Å²) in [4.78, 5) is 11.8. The highest BCUT2D eigenvalue weighted by Gasteiger charge is 2.38. The third kappa shape index (κ3) is 2.10. The van der Waals surface area contributed by atoms with Gasteiger partial charge in [0.25, 0.3) is 0 Å². The lowest BCUT2D eigenvalue weighted by molar-refractivity contribution is -0.130. The molecule has 0 bridgehead atoms. The summed E-state index contributed by atoms with van der Waals surface area (Å²) >= 11 is 0. The van der Waals surface area contributed by atoms with Gasteiger partial charge in [0.1, 0.15) is 0 Å². The summed E-state index contributed by atoms with van der Waals surface area (Å²) in [7, 11) is 0. The summed E-state index contributed by atoms with van der Waals surface area (Å²) in [5.41, 5.74) is -0.164. The molecule has 1 atom stereocenters. The van der Waals surface area contributed by atoms with Crippen molar-refractivity contribution >= 4 is 5.91 Å². The van der Waals surface area contributed by atoms with E-state index in [9.17, 15) is 4.79 Å². The van der Waals surface area contributed by atoms with Crippen LogP contribution >= 0.6 is 0 Å². The number of carbonyl (C=O) groups is 1. The number of hydrogen-bond donors (Lipinski definition) is 2. The molecule has 0 radical (unpaired) electrons. The Labute approximate surface area is 79.6 Å². The van der Waals surface area contributed by atoms with Gasteiger partial charge in [-0.25, -0.2) is 0 Å². The lowest BCUT2D eigenvalue weighted by Gasteiger charge is -2.24. The normalized spacial score (nSPS) is 27.2. The van der Waals surface area contributed by atoms with Gasteiger partial charge in [-0.2, -0.15) is 0 Å². The van der Waals surface area contributed by atoms with Crippen molar-refractivity contribution in [3.63, 3.8) is 0 Å². The van der Waals surface area contributed by atoms with E-state index >= 15 is 0 Å². The quantitative estimate of drug-likeness (QED) is 0.628. The van der Waals surface area contributed by atoms with Gasteiger partial charge >= 0.3 is 0 Å². The maximum absolute atomic E-state index is 11.8. The van der Waals surface area contributed by atoms with Crippen LogP contribution in [0.25, 0.3) is 0 Å². The SMILES string of the molecule is C=CCNC(=O)C1(CC)CCNC1. The van der Waals surface area contributed by atoms with Crippen LogP contribution in [0.5, 0.6) is 0 Å². The highest BCUT2D eigenvalue weighted by molar-refractivity contribution is 5.83. The topological polar surface area (TPSA) is 41.1 Å². The van der Waals surface area contributed by atoms with E-state index in [0.29, 0.717) is 6.54 Å². The van der Waals surface area contributed by atoms with Gasteiger partial charge in [0, 0.05) is 13.1 Å². The Morgan fingerprint density at radius 1 is 1.77 bits per heavy atom. The fourth-order valence-corrected chi connectivity index (χ4v) is 1.75. The van der Waals surface area contributed by atoms with E-state index in [0.717, 1.165) is 25.9 Å². The summed E-state index contributed by atoms with van der Waals surface area (Å²) in [5.74, 6) is 0.167. The zero-order valence-corrected chi connectivity index (χ0v) is 8.23. The second-order valence-corrected chi connectivity index (χ2v) is 3.56. The monoisotopic (exact) mass is 182 g/mol. The van der Waals surface area contributed by atoms with E-state index in [1.165, 1.54) is 0 Å². The molecule has 3 heteroatoms. The zero-order chi connectivity index (χ0) is 9.73. The standard InChI is InChI=1S/C10H18N2O/c1-3-6-12-9(13)10(4-2)5-7-11-8-10/h3,11H,1,4-8H2,2H3,(H,12,13). The maximum atomic E-state index is 11.8. The largest absolute Gasteiger partial charge is 0.352 e. The lowest BCUT2D eigenvalue weighted by Crippen LogP contribution is -2.42. The summed E-state index contributed by atoms with van der Waals surface area (Å²) < 4.78 is 0. The Morgan fingerprint density at radius 2 is 2.54 bits per heavy atom. The van der Waals surface area contributed by atoms with E-state index in [-0.39, 0.29) is 11.3 Å². The molecular weight excluding hydrogens is 164 g/mol. The molecule has 1 saturated heterocycles. The third-order valence-electron chi connectivity index (χ3n) is 2.81. The first-order valence-corrected chi connectivity index (χ1v) is 4.85. The minimum absolute atomic E-state index is 0.164. The first-order valence-electron chi connectivity index (χ1n) is 4.85. The van der Waals surface area contributed by atoms with Crippen LogP contribution in [0.2, 0.25) is 0 Å². The molecule has 0 saturated carbocycles. The average Bonchev–Trinajstić information content (AvgIpc) is 2.63. The molecular formula is C10H18N2O. The van der Waals surface area contributed by atoms with Gasteiger partial charge in [-0.05, 0) is 19.4 Å². The predicted molar refractivity (Wildman–Crippen MR) is 53.4 cm³/mol. The molecule has 1 aliphatic heterocycles. The van der Waals surface area contributed by atoms with E-state index in [1.54, 1.807) is 6.08 Å². The highest BCUT2D eigenvalue weighted by atomic mass is 16.2. The van der Waals surface area contributed by atoms with Gasteiger partial charge in [-0.3, -0.25) is 4.79 Å². The van der Waals surface area contributed by atoms with Crippen LogP contribution in [0.3, 0.4) is 0 Å². The molecule has 0 aromatic rings. The molecule has 74 valence electrons. The number of rotatable bonds is 4. The van der Waals surface area contributed by atoms with E-state index in [4.69, 9.17) is 0 Å². The van der Waals surface area contributed by atoms with Crippen molar-refractivity contribution in [2.24, 2.45) is 5.41 Å². The fourth-order valence-electron chi connectivity index (χ4n) is 1.75. The van der Waals surface area contributed by atoms with Gasteiger partial charge in [0.15, 0.2) is 0 Å². The Morgan fingerprint density at radius 3 is 3.00 bits per heavy atom. The van der Waals surface area contributed by atoms with Crippen molar-refractivity contribution in [3.8, 4) is 0 Å². The highest BCUT2D eigenvalue weighted by Crippen LogP contribution is 2.29. The van der Waals surface area contributed by atoms with Crippen LogP contribution in [0.4, 0.5) is 0 Å². The summed E-state index contributed by atoms with van der Waals surface area (Å²) in [6.45, 7) is 7.98. The molecule has 0 aliphatic carbocycles. The van der Waals surface area contributed by atoms with Crippen molar-refractivity contribution in [2.75, 3.05) is 19.6 Å². The summed E-state index contributed by atoms with van der Waals surface area (Å²) in [5, 5.41) is 6.10. The van der Waals surface area contributed by atoms with Gasteiger partial charge in [0.2, 0.25) is 5.91 Å². The molecule has 0 aromatic heterocycles. The molecule has 2 N–H and O–H groups in total. The Bertz CT molecular complexity index is 195. The molecule has 1 fully saturated rings. The second-order valence-electron chi connectivity index (χ2n) is 3.56. The van der Waals surface area contributed by atoms with Gasteiger partial charge in [-0.1, -0.05) is 13.0 Å². The molecule has 1 aliphatic rings. The molecule has 0 spiro atoms. The van der Waals surface area contributed by atoms with Crippen molar-refractivity contribution < 1.29 is 4.79 Å². The van der Waals surface area contributed by atoms with Crippen LogP contribution < -0.4 is 10.6 Å². The first-order chi connectivity index (χ1) is 6.25. The van der Waals surface area contributed by atoms with Gasteiger partial charge in [0.05, 0.1) is 5.41 Å². The lowest BCUT2D eigenvalue weighted by atomic mass is 9.83. The van der Waals surface area contributed by atoms with Crippen molar-refractivity contribution in [1.82, 2.24) is 10.6 Å². The molecule has 1 amide bonds. The Hall–Kier alpha value is -0.830. The predicted octanol–water partition coefficient (Wildman–Crippen LogP) is 0.678. The van der Waals surface area contributed by atoms with Gasteiger partial charge in [-0.15, -0.1) is 6.58 Å². The van der Waals surface area contributed by atoms with Gasteiger partial charge < -0.3 is 10.6 Å². The minimum Gasteiger partial charge on any atom is -0.352 e. The number of nitrogens with one attached hydrogen (secondary N) is 2. The molecule has 3 nitrogen and oxygen atoms in total. The molecule has 0 aromatic carbocycles. The molecule has 13 heavy (non-hydrogen) atoms. The Balaban J connectivity index is 2.54. The van der Waals surface area contributed by atoms with Crippen molar-refractivity contribution in [3.05, 3.63) is 12.7 Å². The number of carbonyl (C=O) groups excluding carboxylic acids is 1. The molecule has 1 heterocycles. The first kappa shape index (κ1) is 10.3. The Kier molecular flexibility index (Phi) is 3.48. The number of hydrogen-bond acceptors (Lipinski definition) is 2.